The van der Waals surface area contributed by atoms with Crippen LogP contribution in [0.3, 0.4) is 0 Å². The van der Waals surface area contributed by atoms with Crippen molar-refractivity contribution in [2.45, 2.75) is 13.0 Å². The third kappa shape index (κ3) is 2.64. The summed E-state index contributed by atoms with van der Waals surface area (Å²) in [4.78, 5) is 11.3. The molecule has 0 fully saturated rings. The van der Waals surface area contributed by atoms with Crippen LogP contribution in [0.25, 0.3) is 0 Å². The zero-order valence-corrected chi connectivity index (χ0v) is 9.52. The van der Waals surface area contributed by atoms with Crippen LogP contribution in [0, 0.1) is 0 Å². The second-order valence-electron chi connectivity index (χ2n) is 3.20. The van der Waals surface area contributed by atoms with E-state index in [1.54, 1.807) is 25.1 Å². The molecule has 1 unspecified atom stereocenters. The first-order valence-electron chi connectivity index (χ1n) is 4.78. The molecule has 0 aliphatic carbocycles. The molecule has 0 spiro atoms. The lowest BCUT2D eigenvalue weighted by Gasteiger charge is -2.13. The molecule has 1 aromatic rings. The molecule has 0 aliphatic heterocycles. The van der Waals surface area contributed by atoms with Gasteiger partial charge in [-0.2, -0.15) is 0 Å². The van der Waals surface area contributed by atoms with Gasteiger partial charge in [-0.15, -0.1) is 0 Å². The van der Waals surface area contributed by atoms with E-state index in [9.17, 15) is 4.79 Å². The number of methoxy groups -OCH3 is 2. The SMILES string of the molecule is COc1cccc(OC(=O)C(C)N)c1OC. The van der Waals surface area contributed by atoms with Crippen molar-refractivity contribution in [3.8, 4) is 17.2 Å². The minimum Gasteiger partial charge on any atom is -0.493 e. The van der Waals surface area contributed by atoms with E-state index in [4.69, 9.17) is 19.9 Å². The Morgan fingerprint density at radius 2 is 1.88 bits per heavy atom. The molecule has 5 nitrogen and oxygen atoms in total. The fourth-order valence-corrected chi connectivity index (χ4v) is 1.14. The summed E-state index contributed by atoms with van der Waals surface area (Å²) in [5.74, 6) is 0.646. The summed E-state index contributed by atoms with van der Waals surface area (Å²) in [6, 6.07) is 4.34. The number of esters is 1. The van der Waals surface area contributed by atoms with Gasteiger partial charge in [-0.3, -0.25) is 0 Å². The molecular weight excluding hydrogens is 210 g/mol. The number of nitrogens with two attached hydrogens (primary N) is 1. The first kappa shape index (κ1) is 12.3. The number of hydrogen-bond acceptors (Lipinski definition) is 5. The molecule has 0 bridgehead atoms. The Morgan fingerprint density at radius 3 is 2.38 bits per heavy atom. The lowest BCUT2D eigenvalue weighted by molar-refractivity contribution is -0.135. The Kier molecular flexibility index (Phi) is 4.13. The molecule has 0 amide bonds. The highest BCUT2D eigenvalue weighted by atomic mass is 16.6. The molecule has 0 saturated heterocycles. The maximum atomic E-state index is 11.3. The Labute approximate surface area is 94.1 Å². The van der Waals surface area contributed by atoms with Crippen molar-refractivity contribution in [3.63, 3.8) is 0 Å². The van der Waals surface area contributed by atoms with E-state index in [2.05, 4.69) is 0 Å². The average molecular weight is 225 g/mol. The largest absolute Gasteiger partial charge is 0.493 e. The van der Waals surface area contributed by atoms with Gasteiger partial charge in [0.2, 0.25) is 5.75 Å². The van der Waals surface area contributed by atoms with E-state index in [1.165, 1.54) is 14.2 Å². The van der Waals surface area contributed by atoms with Crippen LogP contribution >= 0.6 is 0 Å². The highest BCUT2D eigenvalue weighted by Crippen LogP contribution is 2.36. The van der Waals surface area contributed by atoms with Gasteiger partial charge in [0.25, 0.3) is 0 Å². The van der Waals surface area contributed by atoms with Gasteiger partial charge in [-0.25, -0.2) is 4.79 Å². The Morgan fingerprint density at radius 1 is 1.25 bits per heavy atom. The van der Waals surface area contributed by atoms with Crippen LogP contribution in [-0.4, -0.2) is 26.2 Å². The smallest absolute Gasteiger partial charge is 0.328 e. The molecule has 0 aromatic heterocycles. The summed E-state index contributed by atoms with van der Waals surface area (Å²) >= 11 is 0. The van der Waals surface area contributed by atoms with E-state index in [0.29, 0.717) is 17.2 Å². The van der Waals surface area contributed by atoms with Gasteiger partial charge in [0, 0.05) is 0 Å². The van der Waals surface area contributed by atoms with Crippen molar-refractivity contribution in [2.75, 3.05) is 14.2 Å². The number of para-hydroxylation sites is 1. The molecule has 88 valence electrons. The normalized spacial score (nSPS) is 11.8. The van der Waals surface area contributed by atoms with Crippen molar-refractivity contribution in [1.82, 2.24) is 0 Å². The van der Waals surface area contributed by atoms with Crippen molar-refractivity contribution in [1.29, 1.82) is 0 Å². The molecule has 0 heterocycles. The number of hydrogen-bond donors (Lipinski definition) is 1. The standard InChI is InChI=1S/C11H15NO4/c1-7(12)11(13)16-9-6-4-5-8(14-2)10(9)15-3/h4-7H,12H2,1-3H3. The Bertz CT molecular complexity index is 376. The fraction of sp³-hybridized carbons (Fsp3) is 0.364. The predicted octanol–water partition coefficient (Wildman–Crippen LogP) is 0.956. The molecule has 1 rings (SSSR count). The number of rotatable bonds is 4. The minimum atomic E-state index is -0.684. The van der Waals surface area contributed by atoms with E-state index in [0.717, 1.165) is 0 Å². The van der Waals surface area contributed by atoms with E-state index in [1.807, 2.05) is 0 Å². The summed E-state index contributed by atoms with van der Waals surface area (Å²) < 4.78 is 15.2. The van der Waals surface area contributed by atoms with Crippen molar-refractivity contribution < 1.29 is 19.0 Å². The Hall–Kier alpha value is -1.75. The zero-order valence-electron chi connectivity index (χ0n) is 9.52. The van der Waals surface area contributed by atoms with Crippen molar-refractivity contribution in [2.24, 2.45) is 5.73 Å². The highest BCUT2D eigenvalue weighted by molar-refractivity contribution is 5.78. The lowest BCUT2D eigenvalue weighted by Crippen LogP contribution is -2.30. The van der Waals surface area contributed by atoms with Crippen LogP contribution in [0.15, 0.2) is 18.2 Å². The molecular formula is C11H15NO4. The summed E-state index contributed by atoms with van der Waals surface area (Å²) in [6.07, 6.45) is 0. The summed E-state index contributed by atoms with van der Waals surface area (Å²) in [5, 5.41) is 0. The molecule has 5 heteroatoms. The van der Waals surface area contributed by atoms with Gasteiger partial charge in [0.15, 0.2) is 11.5 Å². The lowest BCUT2D eigenvalue weighted by atomic mass is 10.3. The summed E-state index contributed by atoms with van der Waals surface area (Å²) in [6.45, 7) is 1.55. The van der Waals surface area contributed by atoms with E-state index >= 15 is 0 Å². The minimum absolute atomic E-state index is 0.296. The second-order valence-corrected chi connectivity index (χ2v) is 3.20. The molecule has 1 aromatic carbocycles. The van der Waals surface area contributed by atoms with Gasteiger partial charge >= 0.3 is 5.97 Å². The highest BCUT2D eigenvalue weighted by Gasteiger charge is 2.16. The third-order valence-electron chi connectivity index (χ3n) is 1.95. The van der Waals surface area contributed by atoms with Crippen molar-refractivity contribution in [3.05, 3.63) is 18.2 Å². The van der Waals surface area contributed by atoms with E-state index in [-0.39, 0.29) is 0 Å². The van der Waals surface area contributed by atoms with Crippen LogP contribution in [0.2, 0.25) is 0 Å². The molecule has 0 radical (unpaired) electrons. The van der Waals surface area contributed by atoms with Gasteiger partial charge in [-0.1, -0.05) is 6.07 Å². The summed E-state index contributed by atoms with van der Waals surface area (Å²) in [5.41, 5.74) is 5.40. The number of benzene rings is 1. The monoisotopic (exact) mass is 225 g/mol. The molecule has 2 N–H and O–H groups in total. The van der Waals surface area contributed by atoms with Crippen LogP contribution in [0.5, 0.6) is 17.2 Å². The maximum absolute atomic E-state index is 11.3. The molecule has 1 atom stereocenters. The van der Waals surface area contributed by atoms with Crippen LogP contribution < -0.4 is 19.9 Å². The predicted molar refractivity (Wildman–Crippen MR) is 58.8 cm³/mol. The van der Waals surface area contributed by atoms with Gasteiger partial charge in [0.1, 0.15) is 6.04 Å². The van der Waals surface area contributed by atoms with Crippen LogP contribution in [0.1, 0.15) is 6.92 Å². The third-order valence-corrected chi connectivity index (χ3v) is 1.95. The van der Waals surface area contributed by atoms with Crippen molar-refractivity contribution >= 4 is 5.97 Å². The van der Waals surface area contributed by atoms with E-state index < -0.39 is 12.0 Å². The van der Waals surface area contributed by atoms with Gasteiger partial charge in [0.05, 0.1) is 14.2 Å². The molecule has 0 saturated carbocycles. The van der Waals surface area contributed by atoms with Gasteiger partial charge < -0.3 is 19.9 Å². The fourth-order valence-electron chi connectivity index (χ4n) is 1.14. The quantitative estimate of drug-likeness (QED) is 0.610. The Balaban J connectivity index is 2.99. The summed E-state index contributed by atoms with van der Waals surface area (Å²) in [7, 11) is 2.98. The second kappa shape index (κ2) is 5.37. The molecule has 0 aliphatic rings. The average Bonchev–Trinajstić information content (AvgIpc) is 2.28. The van der Waals surface area contributed by atoms with Gasteiger partial charge in [-0.05, 0) is 19.1 Å². The van der Waals surface area contributed by atoms with Crippen LogP contribution in [0.4, 0.5) is 0 Å². The zero-order chi connectivity index (χ0) is 12.1. The number of carbonyl (C=O) groups is 1. The number of ether oxygens (including phenoxy) is 3. The van der Waals surface area contributed by atoms with Crippen LogP contribution in [-0.2, 0) is 4.79 Å². The topological polar surface area (TPSA) is 70.8 Å². The molecule has 16 heavy (non-hydrogen) atoms. The number of carbonyl (C=O) groups excluding carboxylic acids is 1. The first-order chi connectivity index (χ1) is 7.60. The maximum Gasteiger partial charge on any atom is 0.328 e. The first-order valence-corrected chi connectivity index (χ1v) is 4.78.